The fourth-order valence-electron chi connectivity index (χ4n) is 2.18. The molecule has 0 spiro atoms. The van der Waals surface area contributed by atoms with Crippen molar-refractivity contribution < 1.29 is 4.79 Å². The first-order valence-corrected chi connectivity index (χ1v) is 6.66. The number of nitrogens with one attached hydrogen (secondary N) is 2. The van der Waals surface area contributed by atoms with Gasteiger partial charge in [-0.25, -0.2) is 0 Å². The summed E-state index contributed by atoms with van der Waals surface area (Å²) in [6.45, 7) is 0.588. The molecule has 3 nitrogen and oxygen atoms in total. The van der Waals surface area contributed by atoms with Crippen molar-refractivity contribution in [3.8, 4) is 0 Å². The molecule has 1 aliphatic carbocycles. The zero-order chi connectivity index (χ0) is 11.7. The molecule has 0 unspecified atom stereocenters. The molecule has 88 valence electrons. The molecule has 3 rings (SSSR count). The van der Waals surface area contributed by atoms with Gasteiger partial charge >= 0.3 is 0 Å². The third-order valence-electron chi connectivity index (χ3n) is 3.09. The first-order chi connectivity index (χ1) is 8.33. The van der Waals surface area contributed by atoms with E-state index in [1.165, 1.54) is 16.9 Å². The largest absolute Gasteiger partial charge is 0.367 e. The minimum Gasteiger partial charge on any atom is -0.367 e. The Morgan fingerprint density at radius 1 is 1.47 bits per heavy atom. The van der Waals surface area contributed by atoms with Crippen LogP contribution in [0.1, 0.15) is 32.1 Å². The van der Waals surface area contributed by atoms with E-state index < -0.39 is 0 Å². The zero-order valence-electron chi connectivity index (χ0n) is 9.45. The van der Waals surface area contributed by atoms with Crippen LogP contribution in [-0.4, -0.2) is 10.9 Å². The molecule has 4 heteroatoms. The normalized spacial score (nSPS) is 13.6. The van der Waals surface area contributed by atoms with E-state index in [2.05, 4.69) is 16.4 Å². The predicted molar refractivity (Wildman–Crippen MR) is 68.3 cm³/mol. The maximum absolute atomic E-state index is 11.9. The van der Waals surface area contributed by atoms with E-state index in [0.29, 0.717) is 6.54 Å². The highest BCUT2D eigenvalue weighted by molar-refractivity contribution is 7.14. The second-order valence-corrected chi connectivity index (χ2v) is 5.45. The standard InChI is InChI=1S/C13H14N2OS/c16-13(15-8-9-4-5-14-7-9)12-6-10-2-1-3-11(10)17-12/h4-7,14H,1-3,8H2,(H,15,16). The summed E-state index contributed by atoms with van der Waals surface area (Å²) < 4.78 is 0. The number of hydrogen-bond donors (Lipinski definition) is 2. The summed E-state index contributed by atoms with van der Waals surface area (Å²) in [7, 11) is 0. The van der Waals surface area contributed by atoms with Crippen LogP contribution >= 0.6 is 11.3 Å². The lowest BCUT2D eigenvalue weighted by atomic mass is 10.2. The van der Waals surface area contributed by atoms with Crippen LogP contribution in [0.3, 0.4) is 0 Å². The first kappa shape index (κ1) is 10.6. The highest BCUT2D eigenvalue weighted by Gasteiger charge is 2.18. The van der Waals surface area contributed by atoms with Gasteiger partial charge in [-0.2, -0.15) is 0 Å². The van der Waals surface area contributed by atoms with Gasteiger partial charge in [0.05, 0.1) is 4.88 Å². The Morgan fingerprint density at radius 2 is 2.41 bits per heavy atom. The van der Waals surface area contributed by atoms with Gasteiger partial charge in [-0.15, -0.1) is 11.3 Å². The number of fused-ring (bicyclic) bond motifs is 1. The predicted octanol–water partition coefficient (Wildman–Crippen LogP) is 2.49. The monoisotopic (exact) mass is 246 g/mol. The van der Waals surface area contributed by atoms with Crippen LogP contribution < -0.4 is 5.32 Å². The molecule has 17 heavy (non-hydrogen) atoms. The molecule has 0 bridgehead atoms. The van der Waals surface area contributed by atoms with Crippen molar-refractivity contribution in [1.82, 2.24) is 10.3 Å². The van der Waals surface area contributed by atoms with Gasteiger partial charge in [0, 0.05) is 23.8 Å². The molecule has 2 N–H and O–H groups in total. The number of aromatic amines is 1. The summed E-state index contributed by atoms with van der Waals surface area (Å²) in [6.07, 6.45) is 7.28. The van der Waals surface area contributed by atoms with Crippen molar-refractivity contribution in [3.63, 3.8) is 0 Å². The minimum absolute atomic E-state index is 0.0469. The molecular weight excluding hydrogens is 232 g/mol. The number of aryl methyl sites for hydroxylation is 2. The molecule has 0 saturated heterocycles. The van der Waals surface area contributed by atoms with Crippen LogP contribution in [0, 0.1) is 0 Å². The van der Waals surface area contributed by atoms with E-state index >= 15 is 0 Å². The molecule has 0 saturated carbocycles. The molecule has 2 heterocycles. The fraction of sp³-hybridized carbons (Fsp3) is 0.308. The molecule has 2 aromatic rings. The molecule has 0 aromatic carbocycles. The second-order valence-electron chi connectivity index (χ2n) is 4.31. The van der Waals surface area contributed by atoms with E-state index in [0.717, 1.165) is 23.3 Å². The third kappa shape index (κ3) is 2.13. The number of amides is 1. The Bertz CT molecular complexity index is 506. The van der Waals surface area contributed by atoms with Crippen molar-refractivity contribution in [2.45, 2.75) is 25.8 Å². The van der Waals surface area contributed by atoms with Gasteiger partial charge < -0.3 is 10.3 Å². The highest BCUT2D eigenvalue weighted by atomic mass is 32.1. The summed E-state index contributed by atoms with van der Waals surface area (Å²) in [5, 5.41) is 2.94. The quantitative estimate of drug-likeness (QED) is 0.858. The fourth-order valence-corrected chi connectivity index (χ4v) is 3.35. The SMILES string of the molecule is O=C(NCc1cc[nH]c1)c1cc2c(s1)CCC2. The van der Waals surface area contributed by atoms with Crippen molar-refractivity contribution in [3.05, 3.63) is 45.4 Å². The minimum atomic E-state index is 0.0469. The Hall–Kier alpha value is -1.55. The lowest BCUT2D eigenvalue weighted by Crippen LogP contribution is -2.21. The van der Waals surface area contributed by atoms with E-state index in [9.17, 15) is 4.79 Å². The highest BCUT2D eigenvalue weighted by Crippen LogP contribution is 2.30. The zero-order valence-corrected chi connectivity index (χ0v) is 10.3. The molecular formula is C13H14N2OS. The number of carbonyl (C=O) groups excluding carboxylic acids is 1. The summed E-state index contributed by atoms with van der Waals surface area (Å²) >= 11 is 1.65. The lowest BCUT2D eigenvalue weighted by Gasteiger charge is -2.01. The van der Waals surface area contributed by atoms with Crippen molar-refractivity contribution in [1.29, 1.82) is 0 Å². The summed E-state index contributed by atoms with van der Waals surface area (Å²) in [5.41, 5.74) is 2.48. The van der Waals surface area contributed by atoms with Gasteiger partial charge in [0.15, 0.2) is 0 Å². The molecule has 0 atom stereocenters. The van der Waals surface area contributed by atoms with Crippen LogP contribution in [0.5, 0.6) is 0 Å². The number of aromatic nitrogens is 1. The maximum Gasteiger partial charge on any atom is 0.261 e. The summed E-state index contributed by atoms with van der Waals surface area (Å²) in [4.78, 5) is 17.2. The molecule has 1 amide bonds. The van der Waals surface area contributed by atoms with Crippen molar-refractivity contribution in [2.75, 3.05) is 0 Å². The summed E-state index contributed by atoms with van der Waals surface area (Å²) in [6, 6.07) is 4.02. The van der Waals surface area contributed by atoms with Crippen molar-refractivity contribution in [2.24, 2.45) is 0 Å². The van der Waals surface area contributed by atoms with Crippen LogP contribution in [-0.2, 0) is 19.4 Å². The topological polar surface area (TPSA) is 44.9 Å². The maximum atomic E-state index is 11.9. The first-order valence-electron chi connectivity index (χ1n) is 5.84. The van der Waals surface area contributed by atoms with Crippen LogP contribution in [0.2, 0.25) is 0 Å². The van der Waals surface area contributed by atoms with E-state index in [1.807, 2.05) is 18.5 Å². The van der Waals surface area contributed by atoms with Crippen LogP contribution in [0.4, 0.5) is 0 Å². The third-order valence-corrected chi connectivity index (χ3v) is 4.32. The molecule has 2 aromatic heterocycles. The Morgan fingerprint density at radius 3 is 3.18 bits per heavy atom. The van der Waals surface area contributed by atoms with E-state index in [4.69, 9.17) is 0 Å². The Balaban J connectivity index is 1.65. The summed E-state index contributed by atoms with van der Waals surface area (Å²) in [5.74, 6) is 0.0469. The number of hydrogen-bond acceptors (Lipinski definition) is 2. The van der Waals surface area contributed by atoms with Gasteiger partial charge in [-0.1, -0.05) is 0 Å². The lowest BCUT2D eigenvalue weighted by molar-refractivity contribution is 0.0955. The Kier molecular flexibility index (Phi) is 2.73. The van der Waals surface area contributed by atoms with Gasteiger partial charge in [0.25, 0.3) is 5.91 Å². The van der Waals surface area contributed by atoms with Gasteiger partial charge in [-0.05, 0) is 42.5 Å². The molecule has 0 radical (unpaired) electrons. The van der Waals surface area contributed by atoms with Crippen molar-refractivity contribution >= 4 is 17.2 Å². The smallest absolute Gasteiger partial charge is 0.261 e. The van der Waals surface area contributed by atoms with Crippen LogP contribution in [0.15, 0.2) is 24.5 Å². The molecule has 1 aliphatic rings. The Labute approximate surface area is 104 Å². The number of carbonyl (C=O) groups is 1. The number of thiophene rings is 1. The van der Waals surface area contributed by atoms with Gasteiger partial charge in [0.2, 0.25) is 0 Å². The van der Waals surface area contributed by atoms with Gasteiger partial charge in [0.1, 0.15) is 0 Å². The molecule has 0 aliphatic heterocycles. The number of H-pyrrole nitrogens is 1. The number of rotatable bonds is 3. The average molecular weight is 246 g/mol. The van der Waals surface area contributed by atoms with Gasteiger partial charge in [-0.3, -0.25) is 4.79 Å². The van der Waals surface area contributed by atoms with E-state index in [-0.39, 0.29) is 5.91 Å². The van der Waals surface area contributed by atoms with E-state index in [1.54, 1.807) is 11.3 Å². The average Bonchev–Trinajstić information content (AvgIpc) is 3.01. The van der Waals surface area contributed by atoms with Crippen LogP contribution in [0.25, 0.3) is 0 Å². The molecule has 0 fully saturated rings. The second kappa shape index (κ2) is 4.37.